The molecule has 15 heavy (non-hydrogen) atoms. The Hall–Kier alpha value is -1.35. The van der Waals surface area contributed by atoms with E-state index in [0.717, 1.165) is 18.5 Å². The molecule has 0 saturated carbocycles. The largest absolute Gasteiger partial charge is 0.272 e. The van der Waals surface area contributed by atoms with Gasteiger partial charge in [0.25, 0.3) is 0 Å². The first-order valence-corrected chi connectivity index (χ1v) is 5.34. The van der Waals surface area contributed by atoms with E-state index >= 15 is 0 Å². The number of aromatic nitrogens is 3. The van der Waals surface area contributed by atoms with Crippen molar-refractivity contribution in [2.24, 2.45) is 0 Å². The topological polar surface area (TPSA) is 30.7 Å². The normalized spacial score (nSPS) is 10.5. The van der Waals surface area contributed by atoms with Gasteiger partial charge < -0.3 is 0 Å². The molecule has 0 N–H and O–H groups in total. The van der Waals surface area contributed by atoms with Gasteiger partial charge in [-0.05, 0) is 29.7 Å². The van der Waals surface area contributed by atoms with Crippen molar-refractivity contribution in [2.75, 3.05) is 0 Å². The summed E-state index contributed by atoms with van der Waals surface area (Å²) in [6, 6.07) is 8.16. The molecule has 0 spiro atoms. The lowest BCUT2D eigenvalue weighted by Crippen LogP contribution is -1.98. The van der Waals surface area contributed by atoms with E-state index in [1.54, 1.807) is 10.9 Å². The second kappa shape index (κ2) is 4.45. The van der Waals surface area contributed by atoms with Crippen LogP contribution in [0.5, 0.6) is 0 Å². The van der Waals surface area contributed by atoms with Gasteiger partial charge in [-0.25, -0.2) is 0 Å². The minimum absolute atomic E-state index is 0.401. The van der Waals surface area contributed by atoms with Gasteiger partial charge in [0, 0.05) is 0 Å². The Kier molecular flexibility index (Phi) is 3.02. The van der Waals surface area contributed by atoms with E-state index in [-0.39, 0.29) is 0 Å². The van der Waals surface area contributed by atoms with Crippen LogP contribution in [0.4, 0.5) is 0 Å². The van der Waals surface area contributed by atoms with E-state index in [1.165, 1.54) is 5.56 Å². The molecule has 1 heterocycles. The fourth-order valence-electron chi connectivity index (χ4n) is 1.61. The van der Waals surface area contributed by atoms with Crippen LogP contribution in [0.25, 0.3) is 5.69 Å². The third-order valence-corrected chi connectivity index (χ3v) is 2.53. The van der Waals surface area contributed by atoms with Gasteiger partial charge in [-0.15, -0.1) is 10.2 Å². The van der Waals surface area contributed by atoms with E-state index in [9.17, 15) is 0 Å². The molecule has 3 nitrogen and oxygen atoms in total. The number of benzene rings is 1. The smallest absolute Gasteiger partial charge is 0.229 e. The van der Waals surface area contributed by atoms with Gasteiger partial charge >= 0.3 is 0 Å². The van der Waals surface area contributed by atoms with Gasteiger partial charge in [0.1, 0.15) is 6.33 Å². The minimum Gasteiger partial charge on any atom is -0.272 e. The van der Waals surface area contributed by atoms with Crippen molar-refractivity contribution in [3.63, 3.8) is 0 Å². The van der Waals surface area contributed by atoms with E-state index in [4.69, 9.17) is 11.6 Å². The molecule has 4 heteroatoms. The maximum Gasteiger partial charge on any atom is 0.229 e. The summed E-state index contributed by atoms with van der Waals surface area (Å²) in [7, 11) is 0. The number of para-hydroxylation sites is 1. The quantitative estimate of drug-likeness (QED) is 0.798. The number of hydrogen-bond acceptors (Lipinski definition) is 2. The highest BCUT2D eigenvalue weighted by Crippen LogP contribution is 2.19. The predicted octanol–water partition coefficient (Wildman–Crippen LogP) is 2.87. The van der Waals surface area contributed by atoms with Gasteiger partial charge in [0.2, 0.25) is 5.28 Å². The van der Waals surface area contributed by atoms with Gasteiger partial charge in [-0.2, -0.15) is 0 Å². The molecule has 0 atom stereocenters. The molecule has 0 aliphatic carbocycles. The highest BCUT2D eigenvalue weighted by Gasteiger charge is 2.06. The van der Waals surface area contributed by atoms with Crippen LogP contribution in [0, 0.1) is 0 Å². The highest BCUT2D eigenvalue weighted by atomic mass is 35.5. The molecule has 0 unspecified atom stereocenters. The summed E-state index contributed by atoms with van der Waals surface area (Å²) in [5.74, 6) is 0. The van der Waals surface area contributed by atoms with E-state index in [1.807, 2.05) is 18.2 Å². The molecule has 0 amide bonds. The van der Waals surface area contributed by atoms with Gasteiger partial charge in [0.15, 0.2) is 0 Å². The Morgan fingerprint density at radius 2 is 2.13 bits per heavy atom. The van der Waals surface area contributed by atoms with Gasteiger partial charge in [-0.3, -0.25) is 4.57 Å². The second-order valence-electron chi connectivity index (χ2n) is 3.35. The first-order valence-electron chi connectivity index (χ1n) is 4.96. The summed E-state index contributed by atoms with van der Waals surface area (Å²) in [5, 5.41) is 7.95. The Morgan fingerprint density at radius 1 is 1.33 bits per heavy atom. The van der Waals surface area contributed by atoms with Crippen molar-refractivity contribution in [1.29, 1.82) is 0 Å². The number of hydrogen-bond donors (Lipinski definition) is 0. The molecule has 0 saturated heterocycles. The molecule has 0 aliphatic rings. The van der Waals surface area contributed by atoms with Crippen molar-refractivity contribution in [3.8, 4) is 5.69 Å². The summed E-state index contributed by atoms with van der Waals surface area (Å²) in [5.41, 5.74) is 2.33. The lowest BCUT2D eigenvalue weighted by molar-refractivity contribution is 0.898. The van der Waals surface area contributed by atoms with E-state index in [0.29, 0.717) is 5.28 Å². The molecular weight excluding hydrogens is 210 g/mol. The molecule has 78 valence electrons. The highest BCUT2D eigenvalue weighted by molar-refractivity contribution is 6.28. The van der Waals surface area contributed by atoms with Crippen molar-refractivity contribution >= 4 is 11.6 Å². The van der Waals surface area contributed by atoms with Crippen LogP contribution in [-0.2, 0) is 6.42 Å². The van der Waals surface area contributed by atoms with Crippen molar-refractivity contribution < 1.29 is 0 Å². The second-order valence-corrected chi connectivity index (χ2v) is 3.69. The third kappa shape index (κ3) is 2.02. The third-order valence-electron chi connectivity index (χ3n) is 2.28. The zero-order valence-corrected chi connectivity index (χ0v) is 9.28. The summed E-state index contributed by atoms with van der Waals surface area (Å²) in [6.07, 6.45) is 3.78. The first-order chi connectivity index (χ1) is 7.33. The number of nitrogens with zero attached hydrogens (tertiary/aromatic N) is 3. The summed E-state index contributed by atoms with van der Waals surface area (Å²) >= 11 is 5.94. The molecule has 0 radical (unpaired) electrons. The lowest BCUT2D eigenvalue weighted by atomic mass is 10.1. The Bertz CT molecular complexity index is 451. The van der Waals surface area contributed by atoms with Crippen LogP contribution < -0.4 is 0 Å². The SMILES string of the molecule is CCCc1ccccc1-n1cnnc1Cl. The Morgan fingerprint density at radius 3 is 2.80 bits per heavy atom. The van der Waals surface area contributed by atoms with Crippen LogP contribution in [-0.4, -0.2) is 14.8 Å². The monoisotopic (exact) mass is 221 g/mol. The minimum atomic E-state index is 0.401. The molecule has 0 fully saturated rings. The molecule has 0 aliphatic heterocycles. The number of aryl methyl sites for hydroxylation is 1. The Balaban J connectivity index is 2.48. The van der Waals surface area contributed by atoms with Crippen LogP contribution in [0.15, 0.2) is 30.6 Å². The average molecular weight is 222 g/mol. The fraction of sp³-hybridized carbons (Fsp3) is 0.273. The maximum atomic E-state index is 5.94. The first kappa shape index (κ1) is 10.2. The Labute approximate surface area is 93.7 Å². The van der Waals surface area contributed by atoms with Crippen LogP contribution >= 0.6 is 11.6 Å². The zero-order chi connectivity index (χ0) is 10.7. The molecule has 2 aromatic rings. The molecule has 1 aromatic carbocycles. The van der Waals surface area contributed by atoms with Crippen LogP contribution in [0.2, 0.25) is 5.28 Å². The average Bonchev–Trinajstić information content (AvgIpc) is 2.66. The van der Waals surface area contributed by atoms with Crippen molar-refractivity contribution in [1.82, 2.24) is 14.8 Å². The van der Waals surface area contributed by atoms with Crippen LogP contribution in [0.1, 0.15) is 18.9 Å². The van der Waals surface area contributed by atoms with Crippen molar-refractivity contribution in [3.05, 3.63) is 41.4 Å². The summed E-state index contributed by atoms with van der Waals surface area (Å²) in [4.78, 5) is 0. The maximum absolute atomic E-state index is 5.94. The van der Waals surface area contributed by atoms with Gasteiger partial charge in [0.05, 0.1) is 5.69 Å². The van der Waals surface area contributed by atoms with Crippen LogP contribution in [0.3, 0.4) is 0 Å². The molecule has 2 rings (SSSR count). The zero-order valence-electron chi connectivity index (χ0n) is 8.52. The van der Waals surface area contributed by atoms with E-state index < -0.39 is 0 Å². The molecule has 1 aromatic heterocycles. The summed E-state index contributed by atoms with van der Waals surface area (Å²) in [6.45, 7) is 2.16. The molecular formula is C11H12ClN3. The number of halogens is 1. The lowest BCUT2D eigenvalue weighted by Gasteiger charge is -2.08. The van der Waals surface area contributed by atoms with E-state index in [2.05, 4.69) is 23.2 Å². The predicted molar refractivity (Wildman–Crippen MR) is 60.4 cm³/mol. The standard InChI is InChI=1S/C11H12ClN3/c1-2-5-9-6-3-4-7-10(9)15-8-13-14-11(15)12/h3-4,6-8H,2,5H2,1H3. The van der Waals surface area contributed by atoms with Crippen molar-refractivity contribution in [2.45, 2.75) is 19.8 Å². The molecule has 0 bridgehead atoms. The summed E-state index contributed by atoms with van der Waals surface area (Å²) < 4.78 is 1.80. The van der Waals surface area contributed by atoms with Gasteiger partial charge in [-0.1, -0.05) is 31.5 Å². The fourth-order valence-corrected chi connectivity index (χ4v) is 1.79. The number of rotatable bonds is 3.